The van der Waals surface area contributed by atoms with Crippen LogP contribution in [-0.2, 0) is 9.47 Å². The van der Waals surface area contributed by atoms with Gasteiger partial charge in [-0.1, -0.05) is 0 Å². The van der Waals surface area contributed by atoms with Gasteiger partial charge in [0.2, 0.25) is 0 Å². The van der Waals surface area contributed by atoms with E-state index in [0.717, 1.165) is 0 Å². The van der Waals surface area contributed by atoms with Crippen molar-refractivity contribution in [3.05, 3.63) is 0 Å². The van der Waals surface area contributed by atoms with E-state index in [1.165, 1.54) is 4.90 Å². The van der Waals surface area contributed by atoms with Crippen molar-refractivity contribution in [2.24, 2.45) is 0 Å². The molecular weight excluding hydrogens is 198 g/mol. The van der Waals surface area contributed by atoms with E-state index in [2.05, 4.69) is 0 Å². The summed E-state index contributed by atoms with van der Waals surface area (Å²) in [6.45, 7) is 5.99. The van der Waals surface area contributed by atoms with Gasteiger partial charge in [-0.05, 0) is 13.8 Å². The van der Waals surface area contributed by atoms with Crippen LogP contribution in [0.3, 0.4) is 0 Å². The van der Waals surface area contributed by atoms with E-state index in [1.807, 2.05) is 13.8 Å². The molecule has 5 nitrogen and oxygen atoms in total. The average molecular weight is 217 g/mol. The predicted molar refractivity (Wildman–Crippen MR) is 54.8 cm³/mol. The minimum atomic E-state index is -0.864. The van der Waals surface area contributed by atoms with Crippen LogP contribution in [0, 0.1) is 0 Å². The van der Waals surface area contributed by atoms with Gasteiger partial charge >= 0.3 is 6.09 Å². The summed E-state index contributed by atoms with van der Waals surface area (Å²) >= 11 is 0. The molecule has 1 N–H and O–H groups in total. The van der Waals surface area contributed by atoms with Crippen molar-refractivity contribution in [2.45, 2.75) is 32.5 Å². The van der Waals surface area contributed by atoms with Gasteiger partial charge < -0.3 is 19.5 Å². The number of carboxylic acid groups (broad SMARTS) is 1. The molecule has 0 aromatic carbocycles. The molecule has 0 aromatic rings. The zero-order valence-electron chi connectivity index (χ0n) is 9.36. The first kappa shape index (κ1) is 12.3. The van der Waals surface area contributed by atoms with Crippen LogP contribution in [0.4, 0.5) is 4.79 Å². The molecule has 15 heavy (non-hydrogen) atoms. The minimum absolute atomic E-state index is 0.481. The van der Waals surface area contributed by atoms with Crippen molar-refractivity contribution in [1.82, 2.24) is 4.90 Å². The third kappa shape index (κ3) is 3.07. The number of piperidine rings is 1. The van der Waals surface area contributed by atoms with Crippen LogP contribution in [0.25, 0.3) is 0 Å². The van der Waals surface area contributed by atoms with E-state index < -0.39 is 11.9 Å². The van der Waals surface area contributed by atoms with Gasteiger partial charge in [-0.15, -0.1) is 0 Å². The van der Waals surface area contributed by atoms with Gasteiger partial charge in [0.15, 0.2) is 5.79 Å². The second kappa shape index (κ2) is 5.32. The van der Waals surface area contributed by atoms with E-state index >= 15 is 0 Å². The van der Waals surface area contributed by atoms with Gasteiger partial charge in [-0.2, -0.15) is 0 Å². The van der Waals surface area contributed by atoms with Crippen LogP contribution in [0.5, 0.6) is 0 Å². The van der Waals surface area contributed by atoms with Crippen LogP contribution < -0.4 is 0 Å². The smallest absolute Gasteiger partial charge is 0.407 e. The minimum Gasteiger partial charge on any atom is -0.465 e. The average Bonchev–Trinajstić information content (AvgIpc) is 2.19. The zero-order valence-corrected chi connectivity index (χ0v) is 9.36. The van der Waals surface area contributed by atoms with Gasteiger partial charge in [0.25, 0.3) is 0 Å². The molecule has 1 amide bonds. The highest BCUT2D eigenvalue weighted by molar-refractivity contribution is 5.65. The molecule has 0 atom stereocenters. The van der Waals surface area contributed by atoms with Gasteiger partial charge in [0.05, 0.1) is 0 Å². The molecule has 1 aliphatic heterocycles. The maximum Gasteiger partial charge on any atom is 0.407 e. The Balaban J connectivity index is 2.52. The number of hydrogen-bond acceptors (Lipinski definition) is 3. The molecule has 1 rings (SSSR count). The molecule has 5 heteroatoms. The summed E-state index contributed by atoms with van der Waals surface area (Å²) in [5.74, 6) is -0.560. The van der Waals surface area contributed by atoms with Gasteiger partial charge in [-0.3, -0.25) is 0 Å². The Kier molecular flexibility index (Phi) is 4.35. The molecule has 0 saturated carbocycles. The van der Waals surface area contributed by atoms with E-state index in [0.29, 0.717) is 39.1 Å². The number of ether oxygens (including phenoxy) is 2. The largest absolute Gasteiger partial charge is 0.465 e. The summed E-state index contributed by atoms with van der Waals surface area (Å²) in [5.41, 5.74) is 0. The Morgan fingerprint density at radius 1 is 1.27 bits per heavy atom. The molecule has 88 valence electrons. The van der Waals surface area contributed by atoms with Crippen LogP contribution in [0.2, 0.25) is 0 Å². The van der Waals surface area contributed by atoms with Crippen molar-refractivity contribution in [3.8, 4) is 0 Å². The van der Waals surface area contributed by atoms with Crippen molar-refractivity contribution in [3.63, 3.8) is 0 Å². The molecule has 1 saturated heterocycles. The molecule has 1 heterocycles. The van der Waals surface area contributed by atoms with Gasteiger partial charge in [-0.25, -0.2) is 4.79 Å². The normalized spacial score (nSPS) is 20.3. The van der Waals surface area contributed by atoms with Crippen molar-refractivity contribution in [1.29, 1.82) is 0 Å². The highest BCUT2D eigenvalue weighted by Gasteiger charge is 2.37. The number of hydrogen-bond donors (Lipinski definition) is 1. The monoisotopic (exact) mass is 217 g/mol. The topological polar surface area (TPSA) is 59.0 Å². The summed E-state index contributed by atoms with van der Waals surface area (Å²) in [6, 6.07) is 0. The third-order valence-electron chi connectivity index (χ3n) is 2.61. The Hall–Kier alpha value is -0.810. The Morgan fingerprint density at radius 3 is 2.07 bits per heavy atom. The van der Waals surface area contributed by atoms with E-state index in [9.17, 15) is 4.79 Å². The molecule has 0 aromatic heterocycles. The lowest BCUT2D eigenvalue weighted by Crippen LogP contribution is -2.49. The van der Waals surface area contributed by atoms with E-state index in [1.54, 1.807) is 0 Å². The number of rotatable bonds is 4. The maximum absolute atomic E-state index is 10.7. The van der Waals surface area contributed by atoms with Crippen molar-refractivity contribution < 1.29 is 19.4 Å². The summed E-state index contributed by atoms with van der Waals surface area (Å²) in [6.07, 6.45) is 0.360. The van der Waals surface area contributed by atoms with Crippen LogP contribution in [0.1, 0.15) is 26.7 Å². The van der Waals surface area contributed by atoms with E-state index in [-0.39, 0.29) is 0 Å². The number of amides is 1. The SMILES string of the molecule is CCOC1(OCC)CCN(C(=O)O)CC1. The predicted octanol–water partition coefficient (Wildman–Crippen LogP) is 1.53. The number of likely N-dealkylation sites (tertiary alicyclic amines) is 1. The highest BCUT2D eigenvalue weighted by Crippen LogP contribution is 2.27. The molecule has 0 spiro atoms. The van der Waals surface area contributed by atoms with Crippen LogP contribution in [-0.4, -0.2) is 48.2 Å². The number of nitrogens with zero attached hydrogens (tertiary/aromatic N) is 1. The van der Waals surface area contributed by atoms with E-state index in [4.69, 9.17) is 14.6 Å². The Labute approximate surface area is 90.0 Å². The first-order valence-electron chi connectivity index (χ1n) is 5.39. The Bertz CT molecular complexity index is 203. The fourth-order valence-electron chi connectivity index (χ4n) is 1.90. The first-order chi connectivity index (χ1) is 7.13. The third-order valence-corrected chi connectivity index (χ3v) is 2.61. The zero-order chi connectivity index (χ0) is 11.3. The fraction of sp³-hybridized carbons (Fsp3) is 0.900. The summed E-state index contributed by atoms with van der Waals surface area (Å²) < 4.78 is 11.2. The molecule has 1 aliphatic rings. The fourth-order valence-corrected chi connectivity index (χ4v) is 1.90. The lowest BCUT2D eigenvalue weighted by Gasteiger charge is -2.39. The Morgan fingerprint density at radius 2 is 1.73 bits per heavy atom. The summed E-state index contributed by atoms with van der Waals surface area (Å²) in [7, 11) is 0. The molecule has 1 fully saturated rings. The first-order valence-corrected chi connectivity index (χ1v) is 5.39. The van der Waals surface area contributed by atoms with Gasteiger partial charge in [0.1, 0.15) is 0 Å². The van der Waals surface area contributed by atoms with Crippen molar-refractivity contribution in [2.75, 3.05) is 26.3 Å². The van der Waals surface area contributed by atoms with Crippen LogP contribution in [0.15, 0.2) is 0 Å². The molecule has 0 unspecified atom stereocenters. The lowest BCUT2D eigenvalue weighted by atomic mass is 10.0. The van der Waals surface area contributed by atoms with Crippen molar-refractivity contribution >= 4 is 6.09 Å². The highest BCUT2D eigenvalue weighted by atomic mass is 16.7. The standard InChI is InChI=1S/C10H19NO4/c1-3-14-10(15-4-2)5-7-11(8-6-10)9(12)13/h3-8H2,1-2H3,(H,12,13). The molecule has 0 aliphatic carbocycles. The molecular formula is C10H19NO4. The quantitative estimate of drug-likeness (QED) is 0.725. The summed E-state index contributed by atoms with van der Waals surface area (Å²) in [5, 5.41) is 8.81. The number of carbonyl (C=O) groups is 1. The molecule has 0 bridgehead atoms. The lowest BCUT2D eigenvalue weighted by molar-refractivity contribution is -0.251. The second-order valence-electron chi connectivity index (χ2n) is 3.55. The second-order valence-corrected chi connectivity index (χ2v) is 3.55. The van der Waals surface area contributed by atoms with Gasteiger partial charge in [0, 0.05) is 39.1 Å². The summed E-state index contributed by atoms with van der Waals surface area (Å²) in [4.78, 5) is 12.1. The maximum atomic E-state index is 10.7. The molecule has 0 radical (unpaired) electrons. The van der Waals surface area contributed by atoms with Crippen LogP contribution >= 0.6 is 0 Å².